The first-order chi connectivity index (χ1) is 7.82. The van der Waals surface area contributed by atoms with Crippen LogP contribution in [-0.4, -0.2) is 10.8 Å². The van der Waals surface area contributed by atoms with Crippen molar-refractivity contribution in [2.45, 2.75) is 13.8 Å². The van der Waals surface area contributed by atoms with Gasteiger partial charge >= 0.3 is 0 Å². The predicted octanol–water partition coefficient (Wildman–Crippen LogP) is 3.18. The number of carbonyl (C=O) groups excluding carboxylic acids is 1. The Kier molecular flexibility index (Phi) is 4.01. The van der Waals surface area contributed by atoms with Crippen LogP contribution in [0.1, 0.15) is 12.5 Å². The molecule has 5 nitrogen and oxygen atoms in total. The summed E-state index contributed by atoms with van der Waals surface area (Å²) in [5.74, 6) is -0.370. The smallest absolute Gasteiger partial charge is 0.271 e. The van der Waals surface area contributed by atoms with Gasteiger partial charge in [-0.05, 0) is 35.3 Å². The molecule has 0 saturated carbocycles. The van der Waals surface area contributed by atoms with Gasteiger partial charge in [-0.25, -0.2) is 0 Å². The number of benzene rings is 1. The number of nitro groups is 1. The number of nitro benzene ring substituents is 1. The van der Waals surface area contributed by atoms with Crippen LogP contribution in [0.25, 0.3) is 0 Å². The third-order valence-electron chi connectivity index (χ3n) is 2.09. The number of rotatable bonds is 3. The summed E-state index contributed by atoms with van der Waals surface area (Å²) in [5.41, 5.74) is 1.31. The van der Waals surface area contributed by atoms with E-state index < -0.39 is 4.92 Å². The maximum Gasteiger partial charge on any atom is 0.271 e. The fourth-order valence-corrected chi connectivity index (χ4v) is 1.50. The molecule has 0 aromatic heterocycles. The number of anilines is 1. The van der Waals surface area contributed by atoms with Crippen LogP contribution >= 0.6 is 15.9 Å². The lowest BCUT2D eigenvalue weighted by atomic mass is 10.2. The molecule has 1 rings (SSSR count). The molecule has 1 amide bonds. The SMILES string of the molecule is C=C(C)C(=O)Nc1cc([N+](=O)[O-])cc(C)c1Br. The molecular weight excluding hydrogens is 288 g/mol. The molecule has 17 heavy (non-hydrogen) atoms. The second-order valence-electron chi connectivity index (χ2n) is 3.62. The van der Waals surface area contributed by atoms with E-state index in [1.807, 2.05) is 0 Å². The highest BCUT2D eigenvalue weighted by Crippen LogP contribution is 2.31. The summed E-state index contributed by atoms with van der Waals surface area (Å²) < 4.78 is 0.623. The van der Waals surface area contributed by atoms with Gasteiger partial charge in [0.25, 0.3) is 11.6 Å². The molecule has 0 unspecified atom stereocenters. The molecule has 1 aromatic rings. The number of halogens is 1. The van der Waals surface area contributed by atoms with Gasteiger partial charge in [-0.15, -0.1) is 0 Å². The average Bonchev–Trinajstić information content (AvgIpc) is 2.23. The van der Waals surface area contributed by atoms with E-state index in [1.54, 1.807) is 13.8 Å². The number of nitrogens with one attached hydrogen (secondary N) is 1. The summed E-state index contributed by atoms with van der Waals surface area (Å²) >= 11 is 3.27. The third-order valence-corrected chi connectivity index (χ3v) is 3.14. The molecule has 0 saturated heterocycles. The highest BCUT2D eigenvalue weighted by molar-refractivity contribution is 9.10. The molecule has 1 N–H and O–H groups in total. The quantitative estimate of drug-likeness (QED) is 0.529. The lowest BCUT2D eigenvalue weighted by Crippen LogP contribution is -2.12. The summed E-state index contributed by atoms with van der Waals surface area (Å²) in [6.45, 7) is 6.78. The lowest BCUT2D eigenvalue weighted by molar-refractivity contribution is -0.384. The molecule has 0 aliphatic heterocycles. The average molecular weight is 299 g/mol. The summed E-state index contributed by atoms with van der Waals surface area (Å²) in [5, 5.41) is 13.3. The molecule has 0 radical (unpaired) electrons. The maximum atomic E-state index is 11.5. The summed E-state index contributed by atoms with van der Waals surface area (Å²) in [4.78, 5) is 21.6. The van der Waals surface area contributed by atoms with Gasteiger partial charge in [-0.3, -0.25) is 14.9 Å². The zero-order chi connectivity index (χ0) is 13.2. The fourth-order valence-electron chi connectivity index (χ4n) is 1.18. The second kappa shape index (κ2) is 5.09. The van der Waals surface area contributed by atoms with Gasteiger partial charge in [-0.2, -0.15) is 0 Å². The van der Waals surface area contributed by atoms with Crippen LogP contribution < -0.4 is 5.32 Å². The molecule has 0 bridgehead atoms. The van der Waals surface area contributed by atoms with E-state index in [0.29, 0.717) is 21.3 Å². The Morgan fingerprint density at radius 1 is 1.53 bits per heavy atom. The van der Waals surface area contributed by atoms with E-state index in [0.717, 1.165) is 0 Å². The normalized spacial score (nSPS) is 9.82. The van der Waals surface area contributed by atoms with Gasteiger partial charge in [0.15, 0.2) is 0 Å². The Labute approximate surface area is 107 Å². The molecule has 1 aromatic carbocycles. The Hall–Kier alpha value is -1.69. The number of nitrogens with zero attached hydrogens (tertiary/aromatic N) is 1. The minimum Gasteiger partial charge on any atom is -0.321 e. The van der Waals surface area contributed by atoms with E-state index in [9.17, 15) is 14.9 Å². The van der Waals surface area contributed by atoms with E-state index in [4.69, 9.17) is 0 Å². The van der Waals surface area contributed by atoms with Crippen molar-refractivity contribution >= 4 is 33.2 Å². The van der Waals surface area contributed by atoms with Crippen molar-refractivity contribution in [2.75, 3.05) is 5.32 Å². The number of carbonyl (C=O) groups is 1. The van der Waals surface area contributed by atoms with E-state index >= 15 is 0 Å². The highest BCUT2D eigenvalue weighted by Gasteiger charge is 2.14. The molecule has 0 fully saturated rings. The summed E-state index contributed by atoms with van der Waals surface area (Å²) in [7, 11) is 0. The Morgan fingerprint density at radius 2 is 2.12 bits per heavy atom. The van der Waals surface area contributed by atoms with Crippen LogP contribution in [0, 0.1) is 17.0 Å². The zero-order valence-corrected chi connectivity index (χ0v) is 11.0. The Bertz CT molecular complexity index is 512. The first kappa shape index (κ1) is 13.4. The van der Waals surface area contributed by atoms with Crippen molar-refractivity contribution in [3.63, 3.8) is 0 Å². The standard InChI is InChI=1S/C11H11BrN2O3/c1-6(2)11(15)13-9-5-8(14(16)17)4-7(3)10(9)12/h4-5H,1H2,2-3H3,(H,13,15). The largest absolute Gasteiger partial charge is 0.321 e. The minimum absolute atomic E-state index is 0.0669. The monoisotopic (exact) mass is 298 g/mol. The van der Waals surface area contributed by atoms with Gasteiger partial charge in [0.1, 0.15) is 0 Å². The molecular formula is C11H11BrN2O3. The zero-order valence-electron chi connectivity index (χ0n) is 9.41. The van der Waals surface area contributed by atoms with Gasteiger partial charge in [-0.1, -0.05) is 6.58 Å². The number of non-ortho nitro benzene ring substituents is 1. The lowest BCUT2D eigenvalue weighted by Gasteiger charge is -2.09. The molecule has 0 atom stereocenters. The van der Waals surface area contributed by atoms with Crippen LogP contribution in [0.4, 0.5) is 11.4 Å². The van der Waals surface area contributed by atoms with Crippen molar-refractivity contribution in [2.24, 2.45) is 0 Å². The van der Waals surface area contributed by atoms with Crippen molar-refractivity contribution in [3.05, 3.63) is 44.4 Å². The second-order valence-corrected chi connectivity index (χ2v) is 4.41. The molecule has 90 valence electrons. The van der Waals surface area contributed by atoms with E-state index in [2.05, 4.69) is 27.8 Å². The number of amides is 1. The van der Waals surface area contributed by atoms with Crippen molar-refractivity contribution in [1.29, 1.82) is 0 Å². The number of hydrogen-bond donors (Lipinski definition) is 1. The molecule has 6 heteroatoms. The van der Waals surface area contributed by atoms with Crippen LogP contribution in [0.5, 0.6) is 0 Å². The van der Waals surface area contributed by atoms with Crippen molar-refractivity contribution < 1.29 is 9.72 Å². The Balaban J connectivity index is 3.18. The van der Waals surface area contributed by atoms with E-state index in [-0.39, 0.29) is 11.6 Å². The van der Waals surface area contributed by atoms with Crippen molar-refractivity contribution in [3.8, 4) is 0 Å². The van der Waals surface area contributed by atoms with Crippen LogP contribution in [0.15, 0.2) is 28.8 Å². The maximum absolute atomic E-state index is 11.5. The molecule has 0 aliphatic carbocycles. The fraction of sp³-hybridized carbons (Fsp3) is 0.182. The van der Waals surface area contributed by atoms with Gasteiger partial charge < -0.3 is 5.32 Å². The van der Waals surface area contributed by atoms with Gasteiger partial charge in [0, 0.05) is 22.2 Å². The summed E-state index contributed by atoms with van der Waals surface area (Å²) in [6, 6.07) is 2.73. The highest BCUT2D eigenvalue weighted by atomic mass is 79.9. The van der Waals surface area contributed by atoms with Gasteiger partial charge in [0.2, 0.25) is 0 Å². The molecule has 0 heterocycles. The minimum atomic E-state index is -0.504. The number of aryl methyl sites for hydroxylation is 1. The van der Waals surface area contributed by atoms with Crippen LogP contribution in [-0.2, 0) is 4.79 Å². The third kappa shape index (κ3) is 3.13. The van der Waals surface area contributed by atoms with E-state index in [1.165, 1.54) is 12.1 Å². The topological polar surface area (TPSA) is 72.2 Å². The van der Waals surface area contributed by atoms with Crippen LogP contribution in [0.2, 0.25) is 0 Å². The first-order valence-electron chi connectivity index (χ1n) is 4.74. The van der Waals surface area contributed by atoms with Gasteiger partial charge in [0.05, 0.1) is 10.6 Å². The predicted molar refractivity (Wildman–Crippen MR) is 69.0 cm³/mol. The molecule has 0 aliphatic rings. The number of hydrogen-bond acceptors (Lipinski definition) is 3. The van der Waals surface area contributed by atoms with Crippen LogP contribution in [0.3, 0.4) is 0 Å². The molecule has 0 spiro atoms. The summed E-state index contributed by atoms with van der Waals surface area (Å²) in [6.07, 6.45) is 0. The Morgan fingerprint density at radius 3 is 2.59 bits per heavy atom. The first-order valence-corrected chi connectivity index (χ1v) is 5.53. The van der Waals surface area contributed by atoms with Crippen molar-refractivity contribution in [1.82, 2.24) is 0 Å².